The molecule has 44 heavy (non-hydrogen) atoms. The quantitative estimate of drug-likeness (QED) is 0.168. The molecule has 2 heterocycles. The van der Waals surface area contributed by atoms with Gasteiger partial charge < -0.3 is 24.3 Å². The normalized spacial score (nSPS) is 23.2. The Labute approximate surface area is 258 Å². The van der Waals surface area contributed by atoms with E-state index >= 15 is 0 Å². The maximum absolute atomic E-state index is 13.8. The average molecular weight is 613 g/mol. The second-order valence-corrected chi connectivity index (χ2v) is 12.6. The van der Waals surface area contributed by atoms with Crippen LogP contribution in [0.4, 0.5) is 0 Å². The van der Waals surface area contributed by atoms with Crippen LogP contribution in [-0.2, 0) is 45.3 Å². The number of rotatable bonds is 16. The minimum atomic E-state index is -0.683. The van der Waals surface area contributed by atoms with Crippen molar-refractivity contribution in [1.82, 2.24) is 10.2 Å². The molecular weight excluding hydrogens is 568 g/mol. The molecule has 11 heteroatoms. The first-order valence-corrected chi connectivity index (χ1v) is 15.9. The summed E-state index contributed by atoms with van der Waals surface area (Å²) in [5, 5.41) is 2.84. The van der Waals surface area contributed by atoms with Gasteiger partial charge in [-0.1, -0.05) is 6.07 Å². The molecule has 4 aliphatic rings. The van der Waals surface area contributed by atoms with Crippen LogP contribution in [0.15, 0.2) is 12.1 Å². The summed E-state index contributed by atoms with van der Waals surface area (Å²) < 4.78 is 21.5. The minimum Gasteiger partial charge on any atom is -0.477 e. The Morgan fingerprint density at radius 3 is 2.34 bits per heavy atom. The molecule has 1 aromatic rings. The molecule has 2 aliphatic heterocycles. The van der Waals surface area contributed by atoms with Crippen molar-refractivity contribution in [3.05, 3.63) is 23.3 Å². The van der Waals surface area contributed by atoms with Gasteiger partial charge in [0.05, 0.1) is 14.2 Å². The number of likely N-dealkylation sites (tertiary alicyclic amines) is 1. The summed E-state index contributed by atoms with van der Waals surface area (Å²) in [5.41, 5.74) is 1.68. The first-order chi connectivity index (χ1) is 21.2. The van der Waals surface area contributed by atoms with Crippen LogP contribution in [0.5, 0.6) is 11.5 Å². The molecule has 1 spiro atoms. The van der Waals surface area contributed by atoms with Gasteiger partial charge in [-0.15, -0.1) is 0 Å². The van der Waals surface area contributed by atoms with E-state index in [1.165, 1.54) is 27.1 Å². The minimum absolute atomic E-state index is 0.0151. The number of carbonyl (C=O) groups is 5. The lowest BCUT2D eigenvalue weighted by Crippen LogP contribution is -2.58. The molecule has 5 rings (SSSR count). The lowest BCUT2D eigenvalue weighted by molar-refractivity contribution is -0.142. The molecule has 1 amide bonds. The zero-order valence-corrected chi connectivity index (χ0v) is 25.8. The van der Waals surface area contributed by atoms with E-state index in [0.29, 0.717) is 43.3 Å². The number of hydrogen-bond acceptors (Lipinski definition) is 10. The molecule has 0 aromatic heterocycles. The lowest BCUT2D eigenvalue weighted by Gasteiger charge is -2.50. The number of ketones is 1. The van der Waals surface area contributed by atoms with Crippen molar-refractivity contribution in [2.75, 3.05) is 33.9 Å². The molecule has 3 atom stereocenters. The van der Waals surface area contributed by atoms with Crippen LogP contribution in [-0.4, -0.2) is 80.5 Å². The van der Waals surface area contributed by atoms with Crippen molar-refractivity contribution >= 4 is 29.6 Å². The van der Waals surface area contributed by atoms with Gasteiger partial charge in [-0.3, -0.25) is 28.9 Å². The van der Waals surface area contributed by atoms with Gasteiger partial charge in [0.1, 0.15) is 0 Å². The van der Waals surface area contributed by atoms with Gasteiger partial charge >= 0.3 is 17.9 Å². The number of nitrogens with one attached hydrogen (secondary N) is 1. The van der Waals surface area contributed by atoms with E-state index in [2.05, 4.69) is 19.7 Å². The van der Waals surface area contributed by atoms with E-state index in [1.54, 1.807) is 6.07 Å². The SMILES string of the molecule is COC(=O)CCCC(=O)NCCCC(=O)[C@@H]1Oc2c(OC(=O)CCCC(=O)OC)ccc3c2C12CCN(CC1CC1)C(C3)C2. The highest BCUT2D eigenvalue weighted by molar-refractivity contribution is 5.88. The summed E-state index contributed by atoms with van der Waals surface area (Å²) in [4.78, 5) is 64.0. The number of carbonyl (C=O) groups excluding carboxylic acids is 5. The zero-order valence-electron chi connectivity index (χ0n) is 25.8. The Morgan fingerprint density at radius 2 is 1.64 bits per heavy atom. The van der Waals surface area contributed by atoms with Gasteiger partial charge in [-0.2, -0.15) is 0 Å². The summed E-state index contributed by atoms with van der Waals surface area (Å²) in [5.74, 6) is 0.224. The van der Waals surface area contributed by atoms with Crippen LogP contribution in [0.2, 0.25) is 0 Å². The third-order valence-corrected chi connectivity index (χ3v) is 9.49. The number of nitrogens with zero attached hydrogens (tertiary/aromatic N) is 1. The number of fused-ring (bicyclic) bond motifs is 1. The fourth-order valence-electron chi connectivity index (χ4n) is 7.08. The average Bonchev–Trinajstić information content (AvgIpc) is 3.77. The van der Waals surface area contributed by atoms with Gasteiger partial charge in [0, 0.05) is 62.2 Å². The van der Waals surface area contributed by atoms with Crippen LogP contribution in [0, 0.1) is 5.92 Å². The van der Waals surface area contributed by atoms with Gasteiger partial charge in [0.25, 0.3) is 0 Å². The molecule has 1 saturated carbocycles. The van der Waals surface area contributed by atoms with Gasteiger partial charge in [0.2, 0.25) is 5.91 Å². The molecule has 0 radical (unpaired) electrons. The Kier molecular flexibility index (Phi) is 10.2. The third kappa shape index (κ3) is 7.25. The number of hydrogen-bond donors (Lipinski definition) is 1. The number of ether oxygens (including phenoxy) is 4. The molecule has 2 unspecified atom stereocenters. The van der Waals surface area contributed by atoms with Crippen molar-refractivity contribution in [2.24, 2.45) is 5.92 Å². The summed E-state index contributed by atoms with van der Waals surface area (Å²) in [6.45, 7) is 2.35. The zero-order chi connectivity index (χ0) is 31.3. The Morgan fingerprint density at radius 1 is 0.932 bits per heavy atom. The molecule has 1 aromatic carbocycles. The van der Waals surface area contributed by atoms with Crippen molar-refractivity contribution in [3.63, 3.8) is 0 Å². The number of methoxy groups -OCH3 is 2. The topological polar surface area (TPSA) is 138 Å². The Hall–Kier alpha value is -3.47. The number of amides is 1. The highest BCUT2D eigenvalue weighted by Crippen LogP contribution is 2.58. The second kappa shape index (κ2) is 14.1. The van der Waals surface area contributed by atoms with Crippen molar-refractivity contribution in [3.8, 4) is 11.5 Å². The Balaban J connectivity index is 1.26. The van der Waals surface area contributed by atoms with Gasteiger partial charge in [-0.25, -0.2) is 0 Å². The van der Waals surface area contributed by atoms with E-state index in [-0.39, 0.29) is 55.7 Å². The van der Waals surface area contributed by atoms with Gasteiger partial charge in [-0.05, 0) is 75.5 Å². The van der Waals surface area contributed by atoms with E-state index in [9.17, 15) is 24.0 Å². The fraction of sp³-hybridized carbons (Fsp3) is 0.667. The molecule has 240 valence electrons. The number of Topliss-reactive ketones (excluding diaryl/α,β-unsaturated/α-hetero) is 1. The number of piperidine rings is 1. The number of esters is 3. The van der Waals surface area contributed by atoms with E-state index in [1.807, 2.05) is 6.07 Å². The summed E-state index contributed by atoms with van der Waals surface area (Å²) in [6.07, 6.45) is 6.43. The van der Waals surface area contributed by atoms with Crippen LogP contribution in [0.1, 0.15) is 88.2 Å². The summed E-state index contributed by atoms with van der Waals surface area (Å²) in [7, 11) is 2.63. The van der Waals surface area contributed by atoms with E-state index in [0.717, 1.165) is 49.4 Å². The fourth-order valence-corrected chi connectivity index (χ4v) is 7.08. The standard InChI is InChI=1S/C33H44N2O9/c1-41-27(38)8-3-7-26(37)34-16-5-6-24(36)32-33-15-17-35(20-21-11-12-21)23(19-33)18-22-13-14-25(31(44-32)30(22)33)43-29(40)10-4-9-28(39)42-2/h13-14,21,23,32H,3-12,15-20H2,1-2H3,(H,34,37)/t23?,32-,33?/m0/s1. The van der Waals surface area contributed by atoms with Crippen LogP contribution in [0.25, 0.3) is 0 Å². The highest BCUT2D eigenvalue weighted by atomic mass is 16.6. The number of benzene rings is 1. The molecule has 2 fully saturated rings. The predicted molar refractivity (Wildman–Crippen MR) is 158 cm³/mol. The van der Waals surface area contributed by atoms with Crippen LogP contribution in [0.3, 0.4) is 0 Å². The van der Waals surface area contributed by atoms with Crippen molar-refractivity contribution < 1.29 is 42.9 Å². The largest absolute Gasteiger partial charge is 0.477 e. The molecule has 1 N–H and O–H groups in total. The van der Waals surface area contributed by atoms with Crippen molar-refractivity contribution in [2.45, 2.75) is 101 Å². The maximum Gasteiger partial charge on any atom is 0.311 e. The first kappa shape index (κ1) is 31.9. The molecule has 1 saturated heterocycles. The third-order valence-electron chi connectivity index (χ3n) is 9.49. The Bertz CT molecular complexity index is 1280. The first-order valence-electron chi connectivity index (χ1n) is 15.9. The second-order valence-electron chi connectivity index (χ2n) is 12.6. The molecule has 11 nitrogen and oxygen atoms in total. The predicted octanol–water partition coefficient (Wildman–Crippen LogP) is 3.17. The van der Waals surface area contributed by atoms with E-state index in [4.69, 9.17) is 9.47 Å². The smallest absolute Gasteiger partial charge is 0.311 e. The van der Waals surface area contributed by atoms with Gasteiger partial charge in [0.15, 0.2) is 23.4 Å². The molecular formula is C33H44N2O9. The summed E-state index contributed by atoms with van der Waals surface area (Å²) in [6, 6.07) is 4.12. The maximum atomic E-state index is 13.8. The molecule has 2 aliphatic carbocycles. The summed E-state index contributed by atoms with van der Waals surface area (Å²) >= 11 is 0. The van der Waals surface area contributed by atoms with Crippen molar-refractivity contribution in [1.29, 1.82) is 0 Å². The monoisotopic (exact) mass is 612 g/mol. The lowest BCUT2D eigenvalue weighted by atomic mass is 9.61. The van der Waals surface area contributed by atoms with E-state index < -0.39 is 17.5 Å². The molecule has 2 bridgehead atoms. The highest BCUT2D eigenvalue weighted by Gasteiger charge is 2.59. The van der Waals surface area contributed by atoms with Crippen LogP contribution >= 0.6 is 0 Å². The van der Waals surface area contributed by atoms with Crippen LogP contribution < -0.4 is 14.8 Å².